The first-order chi connectivity index (χ1) is 9.89. The largest absolute Gasteiger partial charge is 0.433 e. The van der Waals surface area contributed by atoms with Gasteiger partial charge in [-0.3, -0.25) is 4.79 Å². The van der Waals surface area contributed by atoms with Crippen LogP contribution in [0.2, 0.25) is 0 Å². The van der Waals surface area contributed by atoms with Crippen LogP contribution in [-0.4, -0.2) is 29.2 Å². The van der Waals surface area contributed by atoms with E-state index in [9.17, 15) is 18.0 Å². The van der Waals surface area contributed by atoms with Gasteiger partial charge in [-0.05, 0) is 23.8 Å². The highest BCUT2D eigenvalue weighted by Gasteiger charge is 2.38. The summed E-state index contributed by atoms with van der Waals surface area (Å²) in [6, 6.07) is 12.9. The number of fused-ring (bicyclic) bond motifs is 1. The molecule has 0 radical (unpaired) electrons. The van der Waals surface area contributed by atoms with Crippen molar-refractivity contribution >= 4 is 27.5 Å². The van der Waals surface area contributed by atoms with Crippen molar-refractivity contribution in [3.8, 4) is 0 Å². The van der Waals surface area contributed by atoms with Crippen LogP contribution >= 0.6 is 0 Å². The van der Waals surface area contributed by atoms with E-state index in [1.54, 1.807) is 19.1 Å². The second-order valence-corrected chi connectivity index (χ2v) is 7.17. The molecule has 1 nitrogen and oxygen atoms in total. The molecule has 1 atom stereocenters. The summed E-state index contributed by atoms with van der Waals surface area (Å²) in [5.41, 5.74) is 0.488. The standard InChI is InChI=1S/C16H16F3OS/c1-2-21(11-16(17,18)19)10-15(20)14-8-7-12-5-3-4-6-13(12)9-14/h3-9H,2,10-11H2,1H3/q+1. The van der Waals surface area contributed by atoms with Gasteiger partial charge in [0.1, 0.15) is 5.75 Å². The molecular formula is C16H16F3OS+. The Balaban J connectivity index is 2.14. The molecule has 1 unspecified atom stereocenters. The smallest absolute Gasteiger partial charge is 0.289 e. The minimum atomic E-state index is -4.21. The van der Waals surface area contributed by atoms with Crippen molar-refractivity contribution in [3.05, 3.63) is 48.0 Å². The predicted octanol–water partition coefficient (Wildman–Crippen LogP) is 4.22. The van der Waals surface area contributed by atoms with Gasteiger partial charge < -0.3 is 0 Å². The van der Waals surface area contributed by atoms with E-state index >= 15 is 0 Å². The Morgan fingerprint density at radius 1 is 1.10 bits per heavy atom. The van der Waals surface area contributed by atoms with Gasteiger partial charge in [-0.1, -0.05) is 36.4 Å². The molecule has 0 heterocycles. The van der Waals surface area contributed by atoms with Crippen molar-refractivity contribution in [2.75, 3.05) is 17.3 Å². The fourth-order valence-corrected chi connectivity index (χ4v) is 3.63. The summed E-state index contributed by atoms with van der Waals surface area (Å²) >= 11 is 0. The number of hydrogen-bond donors (Lipinski definition) is 0. The van der Waals surface area contributed by atoms with E-state index in [1.807, 2.05) is 30.3 Å². The molecule has 112 valence electrons. The third-order valence-corrected chi connectivity index (χ3v) is 5.41. The molecule has 2 aromatic rings. The van der Waals surface area contributed by atoms with E-state index in [0.29, 0.717) is 11.3 Å². The van der Waals surface area contributed by atoms with Crippen LogP contribution in [0.5, 0.6) is 0 Å². The van der Waals surface area contributed by atoms with Gasteiger partial charge in [0, 0.05) is 16.5 Å². The third-order valence-electron chi connectivity index (χ3n) is 3.18. The SMILES string of the molecule is CC[S+](CC(=O)c1ccc2ccccc2c1)CC(F)(F)F. The Morgan fingerprint density at radius 2 is 1.76 bits per heavy atom. The van der Waals surface area contributed by atoms with Crippen molar-refractivity contribution in [1.29, 1.82) is 0 Å². The Labute approximate surface area is 124 Å². The van der Waals surface area contributed by atoms with Crippen LogP contribution < -0.4 is 0 Å². The van der Waals surface area contributed by atoms with Crippen molar-refractivity contribution in [1.82, 2.24) is 0 Å². The molecule has 2 rings (SSSR count). The van der Waals surface area contributed by atoms with Gasteiger partial charge in [0.05, 0.1) is 0 Å². The number of ketones is 1. The van der Waals surface area contributed by atoms with Gasteiger partial charge >= 0.3 is 6.18 Å². The molecule has 0 bridgehead atoms. The van der Waals surface area contributed by atoms with Crippen LogP contribution in [0.25, 0.3) is 10.8 Å². The van der Waals surface area contributed by atoms with Crippen LogP contribution in [0.15, 0.2) is 42.5 Å². The van der Waals surface area contributed by atoms with E-state index < -0.39 is 22.8 Å². The topological polar surface area (TPSA) is 17.1 Å². The first-order valence-corrected chi connectivity index (χ1v) is 8.35. The first-order valence-electron chi connectivity index (χ1n) is 6.62. The molecule has 0 aliphatic rings. The Morgan fingerprint density at radius 3 is 2.38 bits per heavy atom. The van der Waals surface area contributed by atoms with Crippen LogP contribution in [0.4, 0.5) is 13.2 Å². The van der Waals surface area contributed by atoms with Gasteiger partial charge in [-0.25, -0.2) is 0 Å². The minimum absolute atomic E-state index is 0.0334. The molecule has 5 heteroatoms. The summed E-state index contributed by atoms with van der Waals surface area (Å²) < 4.78 is 37.3. The highest BCUT2D eigenvalue weighted by atomic mass is 32.2. The average Bonchev–Trinajstić information content (AvgIpc) is 2.44. The van der Waals surface area contributed by atoms with Gasteiger partial charge in [-0.15, -0.1) is 0 Å². The summed E-state index contributed by atoms with van der Waals surface area (Å²) in [4.78, 5) is 12.2. The monoisotopic (exact) mass is 313 g/mol. The molecule has 0 amide bonds. The highest BCUT2D eigenvalue weighted by Crippen LogP contribution is 2.21. The van der Waals surface area contributed by atoms with Crippen molar-refractivity contribution in [3.63, 3.8) is 0 Å². The van der Waals surface area contributed by atoms with Gasteiger partial charge in [-0.2, -0.15) is 13.2 Å². The number of carbonyl (C=O) groups excluding carboxylic acids is 1. The quantitative estimate of drug-likeness (QED) is 0.596. The highest BCUT2D eigenvalue weighted by molar-refractivity contribution is 7.97. The molecule has 0 saturated heterocycles. The lowest BCUT2D eigenvalue weighted by molar-refractivity contribution is -0.105. The Bertz CT molecular complexity index is 637. The number of halogens is 3. The maximum absolute atomic E-state index is 12.4. The second-order valence-electron chi connectivity index (χ2n) is 4.79. The fourth-order valence-electron chi connectivity index (χ4n) is 2.12. The van der Waals surface area contributed by atoms with Crippen molar-refractivity contribution < 1.29 is 18.0 Å². The zero-order valence-electron chi connectivity index (χ0n) is 11.6. The molecule has 0 aliphatic heterocycles. The number of alkyl halides is 3. The second kappa shape index (κ2) is 6.52. The van der Waals surface area contributed by atoms with E-state index in [-0.39, 0.29) is 11.5 Å². The van der Waals surface area contributed by atoms with Crippen LogP contribution in [-0.2, 0) is 10.9 Å². The molecule has 0 fully saturated rings. The fraction of sp³-hybridized carbons (Fsp3) is 0.312. The van der Waals surface area contributed by atoms with Crippen LogP contribution in [0.1, 0.15) is 17.3 Å². The molecule has 0 aromatic heterocycles. The predicted molar refractivity (Wildman–Crippen MR) is 82.0 cm³/mol. The zero-order valence-corrected chi connectivity index (χ0v) is 12.4. The van der Waals surface area contributed by atoms with E-state index in [4.69, 9.17) is 0 Å². The molecule has 0 spiro atoms. The van der Waals surface area contributed by atoms with Gasteiger partial charge in [0.25, 0.3) is 0 Å². The Kier molecular flexibility index (Phi) is 4.93. The molecule has 2 aromatic carbocycles. The third kappa shape index (κ3) is 4.49. The van der Waals surface area contributed by atoms with E-state index in [0.717, 1.165) is 10.8 Å². The number of Topliss-reactive ketones (excluding diaryl/α,β-unsaturated/α-hetero) is 1. The lowest BCUT2D eigenvalue weighted by Gasteiger charge is -2.09. The first kappa shape index (κ1) is 15.9. The minimum Gasteiger partial charge on any atom is -0.289 e. The molecule has 0 N–H and O–H groups in total. The molecule has 0 saturated carbocycles. The number of rotatable bonds is 5. The van der Waals surface area contributed by atoms with Gasteiger partial charge in [0.15, 0.2) is 5.75 Å². The maximum atomic E-state index is 12.4. The van der Waals surface area contributed by atoms with E-state index in [1.165, 1.54) is 0 Å². The van der Waals surface area contributed by atoms with Gasteiger partial charge in [0.2, 0.25) is 11.5 Å². The molecular weight excluding hydrogens is 297 g/mol. The zero-order chi connectivity index (χ0) is 15.5. The summed E-state index contributed by atoms with van der Waals surface area (Å²) in [5, 5.41) is 1.94. The van der Waals surface area contributed by atoms with E-state index in [2.05, 4.69) is 0 Å². The number of benzene rings is 2. The summed E-state index contributed by atoms with van der Waals surface area (Å²) in [7, 11) is -0.940. The number of hydrogen-bond acceptors (Lipinski definition) is 1. The average molecular weight is 313 g/mol. The normalized spacial score (nSPS) is 13.3. The summed E-state index contributed by atoms with van der Waals surface area (Å²) in [6.45, 7) is 1.70. The lowest BCUT2D eigenvalue weighted by atomic mass is 10.1. The maximum Gasteiger partial charge on any atom is 0.433 e. The summed E-state index contributed by atoms with van der Waals surface area (Å²) in [5.74, 6) is -0.745. The van der Waals surface area contributed by atoms with Crippen LogP contribution in [0, 0.1) is 0 Å². The Hall–Kier alpha value is -1.49. The summed E-state index contributed by atoms with van der Waals surface area (Å²) in [6.07, 6.45) is -4.21. The molecule has 21 heavy (non-hydrogen) atoms. The molecule has 0 aliphatic carbocycles. The van der Waals surface area contributed by atoms with Crippen molar-refractivity contribution in [2.24, 2.45) is 0 Å². The van der Waals surface area contributed by atoms with Crippen molar-refractivity contribution in [2.45, 2.75) is 13.1 Å². The lowest BCUT2D eigenvalue weighted by Crippen LogP contribution is -2.29. The number of carbonyl (C=O) groups is 1. The van der Waals surface area contributed by atoms with Crippen LogP contribution in [0.3, 0.4) is 0 Å².